The van der Waals surface area contributed by atoms with E-state index in [0.29, 0.717) is 17.2 Å². The van der Waals surface area contributed by atoms with E-state index in [1.54, 1.807) is 26.3 Å². The Morgan fingerprint density at radius 3 is 2.70 bits per heavy atom. The smallest absolute Gasteiger partial charge is 0.269 e. The van der Waals surface area contributed by atoms with Gasteiger partial charge in [-0.25, -0.2) is 4.98 Å². The summed E-state index contributed by atoms with van der Waals surface area (Å²) < 4.78 is 13.7. The molecule has 192 valence electrons. The average Bonchev–Trinajstić information content (AvgIpc) is 3.55. The van der Waals surface area contributed by atoms with Crippen LogP contribution in [0.5, 0.6) is 17.2 Å². The number of hydrogen-bond acceptors (Lipinski definition) is 7. The Hall–Kier alpha value is -4.11. The van der Waals surface area contributed by atoms with E-state index in [-0.39, 0.29) is 11.6 Å². The lowest BCUT2D eigenvalue weighted by Crippen LogP contribution is -2.21. The normalized spacial score (nSPS) is 13.6. The number of likely N-dealkylation sites (tertiary alicyclic amines) is 1. The van der Waals surface area contributed by atoms with Gasteiger partial charge in [0.1, 0.15) is 11.4 Å². The number of aryl methyl sites for hydroxylation is 1. The van der Waals surface area contributed by atoms with E-state index in [4.69, 9.17) is 14.5 Å². The molecular formula is C28H32N6O3. The van der Waals surface area contributed by atoms with E-state index >= 15 is 0 Å². The summed E-state index contributed by atoms with van der Waals surface area (Å²) in [5, 5.41) is 6.03. The number of hydrogen-bond donors (Lipinski definition) is 2. The van der Waals surface area contributed by atoms with Crippen LogP contribution in [0.1, 0.15) is 28.9 Å². The van der Waals surface area contributed by atoms with E-state index in [0.717, 1.165) is 35.6 Å². The van der Waals surface area contributed by atoms with Crippen LogP contribution in [0.3, 0.4) is 0 Å². The van der Waals surface area contributed by atoms with Gasteiger partial charge in [-0.15, -0.1) is 0 Å². The van der Waals surface area contributed by atoms with Crippen LogP contribution in [-0.4, -0.2) is 59.1 Å². The van der Waals surface area contributed by atoms with Gasteiger partial charge in [0.2, 0.25) is 5.95 Å². The molecule has 0 aliphatic carbocycles. The van der Waals surface area contributed by atoms with Crippen molar-refractivity contribution >= 4 is 28.6 Å². The lowest BCUT2D eigenvalue weighted by Gasteiger charge is -2.14. The monoisotopic (exact) mass is 500 g/mol. The molecule has 2 aromatic heterocycles. The Bertz CT molecular complexity index is 1410. The number of imidazole rings is 1. The first-order valence-electron chi connectivity index (χ1n) is 12.5. The Morgan fingerprint density at radius 1 is 1.08 bits per heavy atom. The van der Waals surface area contributed by atoms with E-state index in [2.05, 4.69) is 44.8 Å². The highest BCUT2D eigenvalue weighted by Crippen LogP contribution is 2.36. The summed E-state index contributed by atoms with van der Waals surface area (Å²) in [5.74, 6) is 1.97. The Kier molecular flexibility index (Phi) is 7.23. The minimum atomic E-state index is -0.284. The van der Waals surface area contributed by atoms with Gasteiger partial charge in [0, 0.05) is 50.7 Å². The maximum absolute atomic E-state index is 11.9. The molecule has 1 fully saturated rings. The number of benzene rings is 2. The van der Waals surface area contributed by atoms with Crippen molar-refractivity contribution in [3.05, 3.63) is 66.0 Å². The standard InChI is InChI=1S/C28H32N6O3/c1-29-27(35)23-16-21(9-11-30-23)37-26-17-22-24(18-25(26)36-3)33(2)28(32-22)31-20-8-6-7-19(15-20)10-14-34-12-4-5-13-34/h6-9,11,15-18H,4-5,10,12-14H2,1-3H3,(H,29,35)(H,31,32). The van der Waals surface area contributed by atoms with E-state index in [1.165, 1.54) is 37.7 Å². The second kappa shape index (κ2) is 10.9. The molecule has 9 nitrogen and oxygen atoms in total. The minimum Gasteiger partial charge on any atom is -0.493 e. The molecule has 1 saturated heterocycles. The highest BCUT2D eigenvalue weighted by atomic mass is 16.5. The molecule has 4 aromatic rings. The van der Waals surface area contributed by atoms with Gasteiger partial charge >= 0.3 is 0 Å². The number of carbonyl (C=O) groups is 1. The third-order valence-corrected chi connectivity index (χ3v) is 6.68. The van der Waals surface area contributed by atoms with Gasteiger partial charge in [-0.2, -0.15) is 0 Å². The van der Waals surface area contributed by atoms with Crippen LogP contribution in [0.25, 0.3) is 11.0 Å². The quantitative estimate of drug-likeness (QED) is 0.349. The fourth-order valence-corrected chi connectivity index (χ4v) is 4.63. The summed E-state index contributed by atoms with van der Waals surface area (Å²) in [5.41, 5.74) is 4.23. The number of nitrogens with zero attached hydrogens (tertiary/aromatic N) is 4. The van der Waals surface area contributed by atoms with Crippen molar-refractivity contribution in [2.75, 3.05) is 39.1 Å². The summed E-state index contributed by atoms with van der Waals surface area (Å²) in [6.07, 6.45) is 5.19. The molecule has 0 bridgehead atoms. The number of anilines is 2. The molecule has 0 spiro atoms. The van der Waals surface area contributed by atoms with Gasteiger partial charge in [-0.1, -0.05) is 12.1 Å². The second-order valence-corrected chi connectivity index (χ2v) is 9.17. The number of rotatable bonds is 9. The van der Waals surface area contributed by atoms with Gasteiger partial charge in [0.25, 0.3) is 5.91 Å². The van der Waals surface area contributed by atoms with Gasteiger partial charge in [-0.05, 0) is 56.1 Å². The zero-order valence-electron chi connectivity index (χ0n) is 21.5. The van der Waals surface area contributed by atoms with E-state index < -0.39 is 0 Å². The van der Waals surface area contributed by atoms with Crippen molar-refractivity contribution in [1.82, 2.24) is 24.8 Å². The van der Waals surface area contributed by atoms with Crippen LogP contribution < -0.4 is 20.1 Å². The van der Waals surface area contributed by atoms with Crippen LogP contribution in [0.4, 0.5) is 11.6 Å². The van der Waals surface area contributed by atoms with Crippen molar-refractivity contribution in [3.63, 3.8) is 0 Å². The maximum Gasteiger partial charge on any atom is 0.269 e. The number of amides is 1. The van der Waals surface area contributed by atoms with Crippen LogP contribution >= 0.6 is 0 Å². The van der Waals surface area contributed by atoms with Gasteiger partial charge in [0.15, 0.2) is 11.5 Å². The molecule has 9 heteroatoms. The molecule has 2 aromatic carbocycles. The molecular weight excluding hydrogens is 468 g/mol. The summed E-state index contributed by atoms with van der Waals surface area (Å²) in [6.45, 7) is 3.52. The number of pyridine rings is 1. The van der Waals surface area contributed by atoms with Crippen molar-refractivity contribution in [2.45, 2.75) is 19.3 Å². The van der Waals surface area contributed by atoms with Crippen LogP contribution in [0.15, 0.2) is 54.7 Å². The van der Waals surface area contributed by atoms with E-state index in [9.17, 15) is 4.79 Å². The Balaban J connectivity index is 1.37. The summed E-state index contributed by atoms with van der Waals surface area (Å²) in [4.78, 5) is 23.4. The Morgan fingerprint density at radius 2 is 1.92 bits per heavy atom. The number of fused-ring (bicyclic) bond motifs is 1. The molecule has 2 N–H and O–H groups in total. The van der Waals surface area contributed by atoms with E-state index in [1.807, 2.05) is 23.7 Å². The zero-order valence-corrected chi connectivity index (χ0v) is 21.5. The molecule has 0 unspecified atom stereocenters. The van der Waals surface area contributed by atoms with Crippen molar-refractivity contribution in [3.8, 4) is 17.2 Å². The minimum absolute atomic E-state index is 0.270. The molecule has 5 rings (SSSR count). The second-order valence-electron chi connectivity index (χ2n) is 9.17. The molecule has 1 aliphatic heterocycles. The Labute approximate surface area is 216 Å². The number of carbonyl (C=O) groups excluding carboxylic acids is 1. The molecule has 37 heavy (non-hydrogen) atoms. The third kappa shape index (κ3) is 5.51. The highest BCUT2D eigenvalue weighted by molar-refractivity contribution is 5.92. The van der Waals surface area contributed by atoms with Gasteiger partial charge < -0.3 is 29.6 Å². The summed E-state index contributed by atoms with van der Waals surface area (Å²) in [7, 11) is 5.12. The topological polar surface area (TPSA) is 93.5 Å². The first-order valence-corrected chi connectivity index (χ1v) is 12.5. The third-order valence-electron chi connectivity index (χ3n) is 6.68. The predicted molar refractivity (Wildman–Crippen MR) is 144 cm³/mol. The van der Waals surface area contributed by atoms with Gasteiger partial charge in [-0.3, -0.25) is 9.78 Å². The van der Waals surface area contributed by atoms with Crippen molar-refractivity contribution in [2.24, 2.45) is 7.05 Å². The van der Waals surface area contributed by atoms with Gasteiger partial charge in [0.05, 0.1) is 18.1 Å². The molecule has 0 saturated carbocycles. The molecule has 3 heterocycles. The molecule has 0 radical (unpaired) electrons. The largest absolute Gasteiger partial charge is 0.493 e. The number of nitrogens with one attached hydrogen (secondary N) is 2. The van der Waals surface area contributed by atoms with Crippen LogP contribution in [-0.2, 0) is 13.5 Å². The lowest BCUT2D eigenvalue weighted by atomic mass is 10.1. The fraction of sp³-hybridized carbons (Fsp3) is 0.321. The number of ether oxygens (including phenoxy) is 2. The summed E-state index contributed by atoms with van der Waals surface area (Å²) >= 11 is 0. The molecule has 1 aliphatic rings. The molecule has 1 amide bonds. The molecule has 0 atom stereocenters. The van der Waals surface area contributed by atoms with Crippen LogP contribution in [0.2, 0.25) is 0 Å². The van der Waals surface area contributed by atoms with Crippen molar-refractivity contribution < 1.29 is 14.3 Å². The van der Waals surface area contributed by atoms with Crippen LogP contribution in [0, 0.1) is 0 Å². The van der Waals surface area contributed by atoms with Crippen molar-refractivity contribution in [1.29, 1.82) is 0 Å². The first kappa shape index (κ1) is 24.6. The SMILES string of the molecule is CNC(=O)c1cc(Oc2cc3nc(Nc4cccc(CCN5CCCC5)c4)n(C)c3cc2OC)ccn1. The maximum atomic E-state index is 11.9. The fourth-order valence-electron chi connectivity index (χ4n) is 4.63. The number of methoxy groups -OCH3 is 1. The summed E-state index contributed by atoms with van der Waals surface area (Å²) in [6, 6.07) is 15.5. The zero-order chi connectivity index (χ0) is 25.8. The predicted octanol–water partition coefficient (Wildman–Crippen LogP) is 4.51. The highest BCUT2D eigenvalue weighted by Gasteiger charge is 2.16. The lowest BCUT2D eigenvalue weighted by molar-refractivity contribution is 0.0958. The number of aromatic nitrogens is 3. The average molecular weight is 501 g/mol. The first-order chi connectivity index (χ1) is 18.0.